The molecule has 0 aliphatic carbocycles. The van der Waals surface area contributed by atoms with E-state index in [0.717, 1.165) is 12.4 Å². The van der Waals surface area contributed by atoms with Crippen molar-refractivity contribution in [3.05, 3.63) is 18.0 Å². The van der Waals surface area contributed by atoms with Gasteiger partial charge in [-0.15, -0.1) is 0 Å². The van der Waals surface area contributed by atoms with E-state index in [9.17, 15) is 13.2 Å². The minimum atomic E-state index is -4.36. The molecule has 1 rings (SSSR count). The van der Waals surface area contributed by atoms with Crippen molar-refractivity contribution in [2.75, 3.05) is 0 Å². The third-order valence-corrected chi connectivity index (χ3v) is 2.98. The number of alkyl halides is 3. The second-order valence-corrected chi connectivity index (χ2v) is 5.59. The highest BCUT2D eigenvalue weighted by Gasteiger charge is 2.36. The van der Waals surface area contributed by atoms with Crippen LogP contribution in [0, 0.1) is 5.41 Å². The summed E-state index contributed by atoms with van der Waals surface area (Å²) in [4.78, 5) is 0. The summed E-state index contributed by atoms with van der Waals surface area (Å²) in [6.45, 7) is 7.75. The lowest BCUT2D eigenvalue weighted by atomic mass is 9.82. The Morgan fingerprint density at radius 1 is 1.33 bits per heavy atom. The summed E-state index contributed by atoms with van der Waals surface area (Å²) in [7, 11) is 0. The van der Waals surface area contributed by atoms with Crippen LogP contribution in [-0.4, -0.2) is 15.8 Å². The van der Waals surface area contributed by atoms with E-state index in [4.69, 9.17) is 5.73 Å². The smallest absolute Gasteiger partial charge is 0.326 e. The van der Waals surface area contributed by atoms with Crippen LogP contribution in [0.25, 0.3) is 0 Å². The van der Waals surface area contributed by atoms with Crippen LogP contribution in [0.4, 0.5) is 13.2 Å². The van der Waals surface area contributed by atoms with Crippen molar-refractivity contribution in [1.82, 2.24) is 9.78 Å². The average molecular weight is 263 g/mol. The summed E-state index contributed by atoms with van der Waals surface area (Å²) in [5, 5.41) is 3.84. The van der Waals surface area contributed by atoms with E-state index in [-0.39, 0.29) is 17.5 Å². The molecule has 2 atom stereocenters. The maximum Gasteiger partial charge on any atom is 0.419 e. The molecule has 0 fully saturated rings. The van der Waals surface area contributed by atoms with Crippen molar-refractivity contribution >= 4 is 0 Å². The van der Waals surface area contributed by atoms with Gasteiger partial charge in [0.2, 0.25) is 0 Å². The van der Waals surface area contributed by atoms with Gasteiger partial charge in [-0.3, -0.25) is 4.68 Å². The highest BCUT2D eigenvalue weighted by molar-refractivity contribution is 5.10. The van der Waals surface area contributed by atoms with E-state index in [2.05, 4.69) is 5.10 Å². The molecular formula is C12H20F3N3. The van der Waals surface area contributed by atoms with Gasteiger partial charge >= 0.3 is 6.18 Å². The molecule has 2 unspecified atom stereocenters. The molecule has 0 radical (unpaired) electrons. The molecule has 0 saturated carbocycles. The highest BCUT2D eigenvalue weighted by atomic mass is 19.4. The normalized spacial score (nSPS) is 16.7. The Hall–Kier alpha value is -1.04. The van der Waals surface area contributed by atoms with E-state index in [1.807, 2.05) is 27.7 Å². The SMILES string of the molecule is CCC(N)C(n1cc(C(F)(F)F)cn1)C(C)(C)C. The van der Waals surface area contributed by atoms with Crippen molar-refractivity contribution in [3.8, 4) is 0 Å². The van der Waals surface area contributed by atoms with E-state index < -0.39 is 11.7 Å². The minimum Gasteiger partial charge on any atom is -0.326 e. The largest absolute Gasteiger partial charge is 0.419 e. The average Bonchev–Trinajstić information content (AvgIpc) is 2.63. The summed E-state index contributed by atoms with van der Waals surface area (Å²) in [6.07, 6.45) is -1.80. The molecule has 1 aromatic rings. The van der Waals surface area contributed by atoms with Crippen molar-refractivity contribution in [2.45, 2.75) is 52.4 Å². The van der Waals surface area contributed by atoms with Crippen LogP contribution >= 0.6 is 0 Å². The standard InChI is InChI=1S/C12H20F3N3/c1-5-9(16)10(11(2,3)4)18-7-8(6-17-18)12(13,14)15/h6-7,9-10H,5,16H2,1-4H3. The van der Waals surface area contributed by atoms with Gasteiger partial charge in [-0.1, -0.05) is 27.7 Å². The van der Waals surface area contributed by atoms with E-state index >= 15 is 0 Å². The summed E-state index contributed by atoms with van der Waals surface area (Å²) in [5.74, 6) is 0. The van der Waals surface area contributed by atoms with Crippen LogP contribution in [0.5, 0.6) is 0 Å². The van der Waals surface area contributed by atoms with Crippen LogP contribution < -0.4 is 5.73 Å². The van der Waals surface area contributed by atoms with Crippen molar-refractivity contribution in [2.24, 2.45) is 11.1 Å². The van der Waals surface area contributed by atoms with Gasteiger partial charge in [-0.05, 0) is 11.8 Å². The number of aromatic nitrogens is 2. The summed E-state index contributed by atoms with van der Waals surface area (Å²) in [5.41, 5.74) is 5.02. The van der Waals surface area contributed by atoms with Crippen molar-refractivity contribution in [3.63, 3.8) is 0 Å². The first-order chi connectivity index (χ1) is 8.07. The molecular weight excluding hydrogens is 243 g/mol. The quantitative estimate of drug-likeness (QED) is 0.909. The first kappa shape index (κ1) is 15.0. The van der Waals surface area contributed by atoms with Gasteiger partial charge in [-0.25, -0.2) is 0 Å². The zero-order chi connectivity index (χ0) is 14.1. The number of hydrogen-bond donors (Lipinski definition) is 1. The Morgan fingerprint density at radius 3 is 2.22 bits per heavy atom. The van der Waals surface area contributed by atoms with Gasteiger partial charge in [0.25, 0.3) is 0 Å². The van der Waals surface area contributed by atoms with Crippen LogP contribution in [-0.2, 0) is 6.18 Å². The first-order valence-electron chi connectivity index (χ1n) is 5.94. The minimum absolute atomic E-state index is 0.231. The summed E-state index contributed by atoms with van der Waals surface area (Å²) < 4.78 is 39.0. The van der Waals surface area contributed by atoms with Gasteiger partial charge in [0.1, 0.15) is 0 Å². The first-order valence-corrected chi connectivity index (χ1v) is 5.94. The van der Waals surface area contributed by atoms with Gasteiger partial charge in [0, 0.05) is 12.2 Å². The molecule has 0 aliphatic heterocycles. The van der Waals surface area contributed by atoms with Gasteiger partial charge in [0.15, 0.2) is 0 Å². The molecule has 104 valence electrons. The Balaban J connectivity index is 3.12. The van der Waals surface area contributed by atoms with Crippen LogP contribution in [0.3, 0.4) is 0 Å². The summed E-state index contributed by atoms with van der Waals surface area (Å²) in [6, 6.07) is -0.496. The predicted octanol–water partition coefficient (Wildman–Crippen LogP) is 3.23. The molecule has 18 heavy (non-hydrogen) atoms. The molecule has 2 N–H and O–H groups in total. The van der Waals surface area contributed by atoms with E-state index in [0.29, 0.717) is 6.42 Å². The third-order valence-electron chi connectivity index (χ3n) is 2.98. The zero-order valence-electron chi connectivity index (χ0n) is 11.1. The van der Waals surface area contributed by atoms with Crippen molar-refractivity contribution < 1.29 is 13.2 Å². The molecule has 0 bridgehead atoms. The Kier molecular flexibility index (Phi) is 4.10. The topological polar surface area (TPSA) is 43.8 Å². The molecule has 3 nitrogen and oxygen atoms in total. The molecule has 0 aromatic carbocycles. The Morgan fingerprint density at radius 2 is 1.89 bits per heavy atom. The van der Waals surface area contributed by atoms with Gasteiger partial charge in [-0.2, -0.15) is 18.3 Å². The maximum atomic E-state index is 12.6. The number of nitrogens with two attached hydrogens (primary N) is 1. The van der Waals surface area contributed by atoms with E-state index in [1.165, 1.54) is 4.68 Å². The highest BCUT2D eigenvalue weighted by Crippen LogP contribution is 2.35. The second-order valence-electron chi connectivity index (χ2n) is 5.59. The monoisotopic (exact) mass is 263 g/mol. The molecule has 6 heteroatoms. The molecule has 0 spiro atoms. The molecule has 1 heterocycles. The lowest BCUT2D eigenvalue weighted by Gasteiger charge is -2.35. The molecule has 0 amide bonds. The van der Waals surface area contributed by atoms with Gasteiger partial charge < -0.3 is 5.73 Å². The molecule has 1 aromatic heterocycles. The zero-order valence-corrected chi connectivity index (χ0v) is 11.1. The van der Waals surface area contributed by atoms with Crippen LogP contribution in [0.2, 0.25) is 0 Å². The number of rotatable bonds is 3. The van der Waals surface area contributed by atoms with Gasteiger partial charge in [0.05, 0.1) is 17.8 Å². The number of hydrogen-bond acceptors (Lipinski definition) is 2. The Labute approximate surface area is 105 Å². The Bertz CT molecular complexity index is 390. The second kappa shape index (κ2) is 4.91. The molecule has 0 saturated heterocycles. The molecule has 0 aliphatic rings. The lowest BCUT2D eigenvalue weighted by Crippen LogP contribution is -2.40. The third kappa shape index (κ3) is 3.25. The van der Waals surface area contributed by atoms with Crippen molar-refractivity contribution in [1.29, 1.82) is 0 Å². The fraction of sp³-hybridized carbons (Fsp3) is 0.750. The van der Waals surface area contributed by atoms with E-state index in [1.54, 1.807) is 0 Å². The maximum absolute atomic E-state index is 12.6. The number of nitrogens with zero attached hydrogens (tertiary/aromatic N) is 2. The lowest BCUT2D eigenvalue weighted by molar-refractivity contribution is -0.137. The van der Waals surface area contributed by atoms with Crippen LogP contribution in [0.1, 0.15) is 45.7 Å². The fourth-order valence-electron chi connectivity index (χ4n) is 2.10. The number of halogens is 3. The predicted molar refractivity (Wildman–Crippen MR) is 64.0 cm³/mol. The summed E-state index contributed by atoms with van der Waals surface area (Å²) >= 11 is 0. The fourth-order valence-corrected chi connectivity index (χ4v) is 2.10. The van der Waals surface area contributed by atoms with Crippen LogP contribution in [0.15, 0.2) is 12.4 Å².